The minimum Gasteiger partial charge on any atom is -0.372 e. The van der Waals surface area contributed by atoms with Gasteiger partial charge in [0.2, 0.25) is 0 Å². The van der Waals surface area contributed by atoms with Crippen molar-refractivity contribution in [2.75, 3.05) is 26.2 Å². The van der Waals surface area contributed by atoms with E-state index in [4.69, 9.17) is 4.74 Å². The van der Waals surface area contributed by atoms with Crippen LogP contribution in [0.15, 0.2) is 0 Å². The molecule has 0 radical (unpaired) electrons. The Morgan fingerprint density at radius 1 is 1.24 bits per heavy atom. The van der Waals surface area contributed by atoms with Gasteiger partial charge >= 0.3 is 0 Å². The van der Waals surface area contributed by atoms with E-state index >= 15 is 0 Å². The van der Waals surface area contributed by atoms with Crippen LogP contribution in [0.25, 0.3) is 0 Å². The third-order valence-corrected chi connectivity index (χ3v) is 4.36. The highest BCUT2D eigenvalue weighted by atomic mass is 16.5. The van der Waals surface area contributed by atoms with Crippen LogP contribution in [-0.4, -0.2) is 49.3 Å². The number of rotatable bonds is 6. The third-order valence-electron chi connectivity index (χ3n) is 4.36. The summed E-state index contributed by atoms with van der Waals surface area (Å²) in [4.78, 5) is 2.64. The zero-order valence-electron chi connectivity index (χ0n) is 11.6. The van der Waals surface area contributed by atoms with E-state index in [0.29, 0.717) is 18.2 Å². The van der Waals surface area contributed by atoms with Crippen molar-refractivity contribution >= 4 is 0 Å². The number of likely N-dealkylation sites (tertiary alicyclic amines) is 1. The molecule has 17 heavy (non-hydrogen) atoms. The van der Waals surface area contributed by atoms with E-state index in [1.165, 1.54) is 19.3 Å². The van der Waals surface area contributed by atoms with Crippen molar-refractivity contribution in [1.82, 2.24) is 10.2 Å². The monoisotopic (exact) mass is 240 g/mol. The maximum Gasteiger partial charge on any atom is 0.0707 e. The fraction of sp³-hybridized carbons (Fsp3) is 1.00. The van der Waals surface area contributed by atoms with Gasteiger partial charge in [0.25, 0.3) is 0 Å². The molecule has 0 amide bonds. The molecular formula is C14H28N2O. The summed E-state index contributed by atoms with van der Waals surface area (Å²) >= 11 is 0. The maximum absolute atomic E-state index is 5.90. The standard InChI is InChI=1S/C14H28N2O/c1-4-7-15-8-11(2)12(3)16-9-13-5-6-14(10-16)17-13/h11-15H,4-10H2,1-3H3. The van der Waals surface area contributed by atoms with Gasteiger partial charge in [-0.25, -0.2) is 0 Å². The summed E-state index contributed by atoms with van der Waals surface area (Å²) in [5.74, 6) is 0.721. The Morgan fingerprint density at radius 2 is 1.88 bits per heavy atom. The summed E-state index contributed by atoms with van der Waals surface area (Å²) in [5, 5.41) is 3.53. The minimum absolute atomic E-state index is 0.520. The highest BCUT2D eigenvalue weighted by molar-refractivity contribution is 4.88. The van der Waals surface area contributed by atoms with Crippen molar-refractivity contribution in [3.05, 3.63) is 0 Å². The Bertz CT molecular complexity index is 222. The topological polar surface area (TPSA) is 24.5 Å². The number of hydrogen-bond donors (Lipinski definition) is 1. The van der Waals surface area contributed by atoms with Gasteiger partial charge in [0.05, 0.1) is 12.2 Å². The molecule has 2 rings (SSSR count). The van der Waals surface area contributed by atoms with Crippen molar-refractivity contribution in [2.24, 2.45) is 5.92 Å². The lowest BCUT2D eigenvalue weighted by molar-refractivity contribution is -0.0569. The lowest BCUT2D eigenvalue weighted by Gasteiger charge is -2.39. The molecule has 2 saturated heterocycles. The predicted octanol–water partition coefficient (Wildman–Crippen LogP) is 1.87. The first-order valence-corrected chi connectivity index (χ1v) is 7.31. The second-order valence-corrected chi connectivity index (χ2v) is 5.83. The van der Waals surface area contributed by atoms with Crippen LogP contribution in [0.1, 0.15) is 40.0 Å². The van der Waals surface area contributed by atoms with Gasteiger partial charge in [-0.05, 0) is 45.2 Å². The molecule has 2 fully saturated rings. The largest absolute Gasteiger partial charge is 0.372 e. The van der Waals surface area contributed by atoms with E-state index in [0.717, 1.165) is 32.1 Å². The van der Waals surface area contributed by atoms with Gasteiger partial charge in [0, 0.05) is 19.1 Å². The molecule has 3 nitrogen and oxygen atoms in total. The van der Waals surface area contributed by atoms with Crippen LogP contribution < -0.4 is 5.32 Å². The Hall–Kier alpha value is -0.120. The van der Waals surface area contributed by atoms with Gasteiger partial charge in [0.15, 0.2) is 0 Å². The molecule has 4 unspecified atom stereocenters. The first-order valence-electron chi connectivity index (χ1n) is 7.31. The van der Waals surface area contributed by atoms with Crippen molar-refractivity contribution in [3.8, 4) is 0 Å². The molecule has 3 heteroatoms. The summed E-state index contributed by atoms with van der Waals surface area (Å²) in [6.45, 7) is 11.5. The molecule has 0 aromatic carbocycles. The van der Waals surface area contributed by atoms with Gasteiger partial charge in [0.1, 0.15) is 0 Å². The molecule has 0 aliphatic carbocycles. The Kier molecular flexibility index (Phi) is 4.83. The quantitative estimate of drug-likeness (QED) is 0.717. The number of nitrogens with one attached hydrogen (secondary N) is 1. The minimum atomic E-state index is 0.520. The number of nitrogens with zero attached hydrogens (tertiary/aromatic N) is 1. The number of morpholine rings is 1. The second kappa shape index (κ2) is 6.17. The SMILES string of the molecule is CCCNCC(C)C(C)N1CC2CCC(C1)O2. The second-order valence-electron chi connectivity index (χ2n) is 5.83. The lowest BCUT2D eigenvalue weighted by atomic mass is 10.0. The molecule has 2 bridgehead atoms. The normalized spacial score (nSPS) is 32.6. The van der Waals surface area contributed by atoms with Crippen LogP contribution >= 0.6 is 0 Å². The van der Waals surface area contributed by atoms with E-state index in [9.17, 15) is 0 Å². The summed E-state index contributed by atoms with van der Waals surface area (Å²) in [5.41, 5.74) is 0. The van der Waals surface area contributed by atoms with E-state index in [1.807, 2.05) is 0 Å². The van der Waals surface area contributed by atoms with Crippen LogP contribution in [0, 0.1) is 5.92 Å². The van der Waals surface area contributed by atoms with Gasteiger partial charge < -0.3 is 10.1 Å². The van der Waals surface area contributed by atoms with Gasteiger partial charge in [-0.1, -0.05) is 13.8 Å². The molecule has 0 aromatic heterocycles. The van der Waals surface area contributed by atoms with Crippen LogP contribution in [0.3, 0.4) is 0 Å². The molecule has 2 aliphatic rings. The molecule has 2 aliphatic heterocycles. The average molecular weight is 240 g/mol. The molecule has 1 N–H and O–H groups in total. The number of fused-ring (bicyclic) bond motifs is 2. The zero-order valence-corrected chi connectivity index (χ0v) is 11.6. The fourth-order valence-corrected chi connectivity index (χ4v) is 3.02. The summed E-state index contributed by atoms with van der Waals surface area (Å²) in [6, 6.07) is 0.673. The Balaban J connectivity index is 1.76. The van der Waals surface area contributed by atoms with Gasteiger partial charge in [-0.3, -0.25) is 4.90 Å². The predicted molar refractivity (Wildman–Crippen MR) is 71.3 cm³/mol. The highest BCUT2D eigenvalue weighted by Crippen LogP contribution is 2.28. The van der Waals surface area contributed by atoms with Gasteiger partial charge in [-0.2, -0.15) is 0 Å². The first-order chi connectivity index (χ1) is 8.20. The van der Waals surface area contributed by atoms with Crippen molar-refractivity contribution in [2.45, 2.75) is 58.3 Å². The Morgan fingerprint density at radius 3 is 2.47 bits per heavy atom. The van der Waals surface area contributed by atoms with Crippen molar-refractivity contribution < 1.29 is 4.74 Å². The van der Waals surface area contributed by atoms with Crippen molar-refractivity contribution in [3.63, 3.8) is 0 Å². The molecular weight excluding hydrogens is 212 g/mol. The van der Waals surface area contributed by atoms with Crippen LogP contribution in [0.2, 0.25) is 0 Å². The smallest absolute Gasteiger partial charge is 0.0707 e. The summed E-state index contributed by atoms with van der Waals surface area (Å²) in [7, 11) is 0. The molecule has 2 heterocycles. The average Bonchev–Trinajstić information content (AvgIpc) is 2.67. The van der Waals surface area contributed by atoms with E-state index in [1.54, 1.807) is 0 Å². The van der Waals surface area contributed by atoms with E-state index in [-0.39, 0.29) is 0 Å². The Labute approximate surface area is 106 Å². The first kappa shape index (κ1) is 13.3. The zero-order chi connectivity index (χ0) is 12.3. The summed E-state index contributed by atoms with van der Waals surface area (Å²) in [6.07, 6.45) is 4.81. The fourth-order valence-electron chi connectivity index (χ4n) is 3.02. The molecule has 0 spiro atoms. The molecule has 100 valence electrons. The van der Waals surface area contributed by atoms with Crippen LogP contribution in [0.5, 0.6) is 0 Å². The van der Waals surface area contributed by atoms with Gasteiger partial charge in [-0.15, -0.1) is 0 Å². The third kappa shape index (κ3) is 3.43. The van der Waals surface area contributed by atoms with Crippen LogP contribution in [0.4, 0.5) is 0 Å². The number of ether oxygens (including phenoxy) is 1. The summed E-state index contributed by atoms with van der Waals surface area (Å²) < 4.78 is 5.90. The molecule has 0 aromatic rings. The van der Waals surface area contributed by atoms with E-state index in [2.05, 4.69) is 31.0 Å². The van der Waals surface area contributed by atoms with Crippen LogP contribution in [-0.2, 0) is 4.74 Å². The highest BCUT2D eigenvalue weighted by Gasteiger charge is 2.36. The maximum atomic E-state index is 5.90. The number of hydrogen-bond acceptors (Lipinski definition) is 3. The molecule has 0 saturated carbocycles. The molecule has 4 atom stereocenters. The van der Waals surface area contributed by atoms with E-state index < -0.39 is 0 Å². The lowest BCUT2D eigenvalue weighted by Crippen LogP contribution is -2.50. The van der Waals surface area contributed by atoms with Crippen molar-refractivity contribution in [1.29, 1.82) is 0 Å².